The predicted octanol–water partition coefficient (Wildman–Crippen LogP) is 3.81. The number of carbonyl (C=O) groups is 2. The van der Waals surface area contributed by atoms with Crippen LogP contribution in [0.3, 0.4) is 0 Å². The van der Waals surface area contributed by atoms with E-state index in [-0.39, 0.29) is 29.6 Å². The van der Waals surface area contributed by atoms with Crippen molar-refractivity contribution in [1.82, 2.24) is 4.90 Å². The summed E-state index contributed by atoms with van der Waals surface area (Å²) in [5.41, 5.74) is 0.336. The first-order valence-corrected chi connectivity index (χ1v) is 11.0. The molecule has 1 amide bonds. The van der Waals surface area contributed by atoms with Crippen LogP contribution in [-0.4, -0.2) is 60.8 Å². The van der Waals surface area contributed by atoms with Crippen molar-refractivity contribution in [2.75, 3.05) is 20.3 Å². The molecule has 4 aliphatic rings. The number of ether oxygens (including phenoxy) is 4. The molecule has 2 aliphatic carbocycles. The van der Waals surface area contributed by atoms with Gasteiger partial charge in [-0.15, -0.1) is 0 Å². The van der Waals surface area contributed by atoms with Crippen molar-refractivity contribution >= 4 is 12.1 Å². The summed E-state index contributed by atoms with van der Waals surface area (Å²) in [5.74, 6) is -0.978. The molecule has 4 atom stereocenters. The maximum Gasteiger partial charge on any atom is 0.410 e. The summed E-state index contributed by atoms with van der Waals surface area (Å²) < 4.78 is 24.0. The van der Waals surface area contributed by atoms with E-state index in [4.69, 9.17) is 18.9 Å². The van der Waals surface area contributed by atoms with Gasteiger partial charge in [0.2, 0.25) is 0 Å². The van der Waals surface area contributed by atoms with Gasteiger partial charge in [-0.25, -0.2) is 9.59 Å². The highest BCUT2D eigenvalue weighted by Gasteiger charge is 2.71. The molecule has 0 radical (unpaired) electrons. The summed E-state index contributed by atoms with van der Waals surface area (Å²) in [6.45, 7) is 13.0. The minimum atomic E-state index is -0.715. The second-order valence-corrected chi connectivity index (χ2v) is 10.8. The molecule has 0 aromatic rings. The molecule has 2 aliphatic heterocycles. The zero-order chi connectivity index (χ0) is 22.1. The maximum atomic E-state index is 13.1. The van der Waals surface area contributed by atoms with E-state index in [1.807, 2.05) is 27.7 Å². The lowest BCUT2D eigenvalue weighted by molar-refractivity contribution is -0.246. The van der Waals surface area contributed by atoms with Crippen LogP contribution in [0, 0.1) is 10.8 Å². The van der Waals surface area contributed by atoms with Crippen LogP contribution in [0.15, 0.2) is 11.1 Å². The van der Waals surface area contributed by atoms with Gasteiger partial charge in [-0.05, 0) is 57.9 Å². The zero-order valence-electron chi connectivity index (χ0n) is 19.3. The van der Waals surface area contributed by atoms with E-state index in [9.17, 15) is 9.59 Å². The summed E-state index contributed by atoms with van der Waals surface area (Å²) in [7, 11) is 1.81. The Kier molecular flexibility index (Phi) is 4.83. The average Bonchev–Trinajstić information content (AvgIpc) is 3.26. The van der Waals surface area contributed by atoms with Crippen molar-refractivity contribution in [2.24, 2.45) is 10.8 Å². The van der Waals surface area contributed by atoms with Gasteiger partial charge in [0.1, 0.15) is 11.7 Å². The van der Waals surface area contributed by atoms with E-state index < -0.39 is 16.8 Å². The fraction of sp³-hybridized carbons (Fsp3) is 0.826. The lowest BCUT2D eigenvalue weighted by atomic mass is 9.60. The van der Waals surface area contributed by atoms with E-state index >= 15 is 0 Å². The molecule has 1 saturated heterocycles. The highest BCUT2D eigenvalue weighted by atomic mass is 16.7. The van der Waals surface area contributed by atoms with Gasteiger partial charge in [0, 0.05) is 30.5 Å². The summed E-state index contributed by atoms with van der Waals surface area (Å²) in [5, 5.41) is 0. The highest BCUT2D eigenvalue weighted by Crippen LogP contribution is 2.68. The Balaban J connectivity index is 1.80. The monoisotopic (exact) mass is 421 g/mol. The second-order valence-electron chi connectivity index (χ2n) is 10.8. The van der Waals surface area contributed by atoms with Crippen molar-refractivity contribution in [3.8, 4) is 0 Å². The molecule has 3 fully saturated rings. The van der Waals surface area contributed by atoms with Crippen LogP contribution in [0.25, 0.3) is 0 Å². The molecular weight excluding hydrogens is 386 g/mol. The molecule has 1 spiro atoms. The first-order valence-electron chi connectivity index (χ1n) is 11.0. The summed E-state index contributed by atoms with van der Waals surface area (Å²) in [6.07, 6.45) is 2.17. The Bertz CT molecular complexity index is 792. The average molecular weight is 422 g/mol. The Labute approximate surface area is 179 Å². The number of esters is 1. The third kappa shape index (κ3) is 2.92. The number of nitrogens with zero attached hydrogens (tertiary/aromatic N) is 1. The molecular formula is C23H35NO6. The van der Waals surface area contributed by atoms with Crippen molar-refractivity contribution < 1.29 is 28.5 Å². The molecule has 0 aromatic heterocycles. The topological polar surface area (TPSA) is 74.3 Å². The first-order chi connectivity index (χ1) is 13.8. The van der Waals surface area contributed by atoms with Gasteiger partial charge in [0.25, 0.3) is 0 Å². The Morgan fingerprint density at radius 2 is 1.80 bits per heavy atom. The number of rotatable bonds is 1. The van der Waals surface area contributed by atoms with Gasteiger partial charge in [0.05, 0.1) is 13.2 Å². The van der Waals surface area contributed by atoms with Crippen LogP contribution in [0.1, 0.15) is 67.2 Å². The maximum absolute atomic E-state index is 13.1. The van der Waals surface area contributed by atoms with Crippen molar-refractivity contribution in [2.45, 2.75) is 90.8 Å². The zero-order valence-corrected chi connectivity index (χ0v) is 19.3. The SMILES string of the molecule is CC1=C2C[C@H](N(C)C(=O)OC(C)(C)C)[C@@]3(C)CCC4(OCCO4)[C@@]3(C)CC2OC1=O. The van der Waals surface area contributed by atoms with Gasteiger partial charge in [-0.3, -0.25) is 0 Å². The van der Waals surface area contributed by atoms with Gasteiger partial charge in [0.15, 0.2) is 5.79 Å². The molecule has 7 nitrogen and oxygen atoms in total. The smallest absolute Gasteiger partial charge is 0.410 e. The largest absolute Gasteiger partial charge is 0.454 e. The van der Waals surface area contributed by atoms with E-state index in [0.717, 1.165) is 18.4 Å². The van der Waals surface area contributed by atoms with E-state index in [1.165, 1.54) is 0 Å². The van der Waals surface area contributed by atoms with Crippen LogP contribution < -0.4 is 0 Å². The molecule has 1 unspecified atom stereocenters. The number of fused-ring (bicyclic) bond motifs is 3. The van der Waals surface area contributed by atoms with Gasteiger partial charge in [-0.1, -0.05) is 13.8 Å². The molecule has 7 heteroatoms. The minimum absolute atomic E-state index is 0.172. The predicted molar refractivity (Wildman–Crippen MR) is 110 cm³/mol. The normalized spacial score (nSPS) is 37.6. The number of hydrogen-bond donors (Lipinski definition) is 0. The quantitative estimate of drug-likeness (QED) is 0.600. The minimum Gasteiger partial charge on any atom is -0.454 e. The van der Waals surface area contributed by atoms with Crippen molar-refractivity contribution in [3.63, 3.8) is 0 Å². The van der Waals surface area contributed by atoms with Crippen LogP contribution >= 0.6 is 0 Å². The molecule has 2 saturated carbocycles. The van der Waals surface area contributed by atoms with E-state index in [1.54, 1.807) is 11.9 Å². The standard InChI is InChI=1S/C23H35NO6/c1-14-15-12-17(24(7)19(26)30-20(2,3)4)21(5)8-9-23(27-10-11-28-23)22(21,6)13-16(15)29-18(14)25/h16-17H,8-13H2,1-7H3/t16?,17-,21+,22-/m0/s1. The summed E-state index contributed by atoms with van der Waals surface area (Å²) in [6, 6.07) is -0.172. The molecule has 30 heavy (non-hydrogen) atoms. The Morgan fingerprint density at radius 3 is 2.40 bits per heavy atom. The van der Waals surface area contributed by atoms with Crippen LogP contribution in [0.2, 0.25) is 0 Å². The van der Waals surface area contributed by atoms with Gasteiger partial charge < -0.3 is 23.8 Å². The third-order valence-corrected chi connectivity index (χ3v) is 8.15. The lowest BCUT2D eigenvalue weighted by Crippen LogP contribution is -2.58. The third-order valence-electron chi connectivity index (χ3n) is 8.15. The van der Waals surface area contributed by atoms with E-state index in [2.05, 4.69) is 13.8 Å². The van der Waals surface area contributed by atoms with Crippen molar-refractivity contribution in [3.05, 3.63) is 11.1 Å². The molecule has 0 N–H and O–H groups in total. The molecule has 2 heterocycles. The molecule has 0 aromatic carbocycles. The number of amides is 1. The summed E-state index contributed by atoms with van der Waals surface area (Å²) in [4.78, 5) is 27.2. The van der Waals surface area contributed by atoms with Gasteiger partial charge >= 0.3 is 12.1 Å². The fourth-order valence-corrected chi connectivity index (χ4v) is 6.19. The number of carbonyl (C=O) groups excluding carboxylic acids is 2. The Hall–Kier alpha value is -1.60. The summed E-state index contributed by atoms with van der Waals surface area (Å²) >= 11 is 0. The molecule has 4 rings (SSSR count). The van der Waals surface area contributed by atoms with Crippen LogP contribution in [0.4, 0.5) is 4.79 Å². The highest BCUT2D eigenvalue weighted by molar-refractivity contribution is 5.91. The number of hydrogen-bond acceptors (Lipinski definition) is 6. The molecule has 168 valence electrons. The van der Waals surface area contributed by atoms with Crippen molar-refractivity contribution in [1.29, 1.82) is 0 Å². The van der Waals surface area contributed by atoms with E-state index in [0.29, 0.717) is 31.6 Å². The fourth-order valence-electron chi connectivity index (χ4n) is 6.19. The Morgan fingerprint density at radius 1 is 1.17 bits per heavy atom. The van der Waals surface area contributed by atoms with Gasteiger partial charge in [-0.2, -0.15) is 0 Å². The van der Waals surface area contributed by atoms with Crippen LogP contribution in [0.5, 0.6) is 0 Å². The lowest BCUT2D eigenvalue weighted by Gasteiger charge is -2.52. The second kappa shape index (κ2) is 6.70. The molecule has 0 bridgehead atoms. The first kappa shape index (κ1) is 21.6. The van der Waals surface area contributed by atoms with Crippen LogP contribution in [-0.2, 0) is 23.7 Å².